The fourth-order valence-electron chi connectivity index (χ4n) is 2.75. The molecule has 0 aliphatic rings. The highest BCUT2D eigenvalue weighted by Crippen LogP contribution is 2.48. The Hall–Kier alpha value is -3.59. The van der Waals surface area contributed by atoms with E-state index in [9.17, 15) is 9.13 Å². The zero-order chi connectivity index (χ0) is 22.2. The Labute approximate surface area is 186 Å². The van der Waals surface area contributed by atoms with Crippen molar-refractivity contribution in [1.29, 1.82) is 0 Å². The Morgan fingerprint density at radius 3 is 1.66 bits per heavy atom. The monoisotopic (exact) mass is 465 g/mol. The van der Waals surface area contributed by atoms with Crippen LogP contribution in [0, 0.1) is 0 Å². The summed E-state index contributed by atoms with van der Waals surface area (Å²) in [6, 6.07) is 32.5. The van der Waals surface area contributed by atoms with Gasteiger partial charge in [0.25, 0.3) is 0 Å². The number of para-hydroxylation sites is 2. The predicted octanol–water partition coefficient (Wildman–Crippen LogP) is 6.78. The molecule has 32 heavy (non-hydrogen) atoms. The van der Waals surface area contributed by atoms with Crippen LogP contribution in [-0.2, 0) is 9.13 Å². The van der Waals surface area contributed by atoms with Crippen LogP contribution in [0.3, 0.4) is 0 Å². The van der Waals surface area contributed by atoms with Crippen molar-refractivity contribution in [3.05, 3.63) is 115 Å². The molecular weight excluding hydrogens is 446 g/mol. The summed E-state index contributed by atoms with van der Waals surface area (Å²) in [6.07, 6.45) is 0. The second-order valence-corrected chi connectivity index (χ2v) is 9.21. The molecule has 0 radical (unpaired) electrons. The fraction of sp³-hybridized carbons (Fsp3) is 0. The van der Waals surface area contributed by atoms with Crippen LogP contribution in [0.15, 0.2) is 115 Å². The van der Waals surface area contributed by atoms with Gasteiger partial charge in [0.2, 0.25) is 0 Å². The van der Waals surface area contributed by atoms with Crippen molar-refractivity contribution >= 4 is 21.2 Å². The maximum atomic E-state index is 13.8. The second-order valence-electron chi connectivity index (χ2n) is 6.52. The maximum absolute atomic E-state index is 13.8. The first-order chi connectivity index (χ1) is 15.6. The van der Waals surface area contributed by atoms with E-state index < -0.39 is 15.9 Å². The molecular formula is C24H19O6P2+. The van der Waals surface area contributed by atoms with E-state index in [0.29, 0.717) is 16.8 Å². The first kappa shape index (κ1) is 21.6. The van der Waals surface area contributed by atoms with Crippen molar-refractivity contribution in [2.45, 2.75) is 0 Å². The summed E-state index contributed by atoms with van der Waals surface area (Å²) in [5.41, 5.74) is 0. The highest BCUT2D eigenvalue weighted by atomic mass is 31.2. The zero-order valence-electron chi connectivity index (χ0n) is 16.8. The molecule has 0 aliphatic carbocycles. The minimum absolute atomic E-state index is 0.230. The normalized spacial score (nSPS) is 12.8. The maximum Gasteiger partial charge on any atom is 0.805 e. The molecule has 0 N–H and O–H groups in total. The quantitative estimate of drug-likeness (QED) is 0.254. The SMILES string of the molecule is O=[P+](Oc1ccccc1)Oc1cccc(OP(=O)(Oc2ccccc2)c2ccccc2)c1. The van der Waals surface area contributed by atoms with Gasteiger partial charge in [0.15, 0.2) is 11.5 Å². The lowest BCUT2D eigenvalue weighted by Crippen LogP contribution is -2.14. The molecule has 6 nitrogen and oxygen atoms in total. The first-order valence-electron chi connectivity index (χ1n) is 9.69. The average Bonchev–Trinajstić information content (AvgIpc) is 2.81. The van der Waals surface area contributed by atoms with Gasteiger partial charge in [0.05, 0.1) is 5.30 Å². The van der Waals surface area contributed by atoms with E-state index in [-0.39, 0.29) is 11.5 Å². The van der Waals surface area contributed by atoms with E-state index in [2.05, 4.69) is 0 Å². The highest BCUT2D eigenvalue weighted by molar-refractivity contribution is 7.63. The Morgan fingerprint density at radius 2 is 1.00 bits per heavy atom. The minimum Gasteiger partial charge on any atom is -0.413 e. The van der Waals surface area contributed by atoms with Gasteiger partial charge >= 0.3 is 15.9 Å². The molecule has 0 aromatic heterocycles. The largest absolute Gasteiger partial charge is 0.805 e. The molecule has 0 spiro atoms. The van der Waals surface area contributed by atoms with Crippen molar-refractivity contribution in [2.24, 2.45) is 0 Å². The first-order valence-corrected chi connectivity index (χ1v) is 12.3. The van der Waals surface area contributed by atoms with Crippen molar-refractivity contribution < 1.29 is 27.2 Å². The van der Waals surface area contributed by atoms with Crippen LogP contribution in [0.5, 0.6) is 23.0 Å². The third-order valence-electron chi connectivity index (χ3n) is 4.18. The van der Waals surface area contributed by atoms with Gasteiger partial charge in [0.1, 0.15) is 11.5 Å². The van der Waals surface area contributed by atoms with Crippen LogP contribution in [0.25, 0.3) is 0 Å². The number of hydrogen-bond donors (Lipinski definition) is 0. The zero-order valence-corrected chi connectivity index (χ0v) is 18.6. The van der Waals surface area contributed by atoms with E-state index in [0.717, 1.165) is 0 Å². The molecule has 2 atom stereocenters. The van der Waals surface area contributed by atoms with Crippen molar-refractivity contribution in [3.8, 4) is 23.0 Å². The third kappa shape index (κ3) is 5.76. The Kier molecular flexibility index (Phi) is 6.86. The van der Waals surface area contributed by atoms with Gasteiger partial charge in [-0.15, -0.1) is 0 Å². The van der Waals surface area contributed by atoms with E-state index in [1.807, 2.05) is 18.2 Å². The molecule has 160 valence electrons. The van der Waals surface area contributed by atoms with Gasteiger partial charge in [-0.1, -0.05) is 60.7 Å². The Morgan fingerprint density at radius 1 is 0.531 bits per heavy atom. The molecule has 0 bridgehead atoms. The molecule has 0 aliphatic heterocycles. The van der Waals surface area contributed by atoms with Gasteiger partial charge in [-0.05, 0) is 48.5 Å². The lowest BCUT2D eigenvalue weighted by molar-refractivity contribution is 0.397. The molecule has 4 aromatic carbocycles. The van der Waals surface area contributed by atoms with Gasteiger partial charge in [0, 0.05) is 10.6 Å². The number of rotatable bonds is 9. The molecule has 0 saturated heterocycles. The molecule has 0 amide bonds. The Balaban J connectivity index is 1.54. The van der Waals surface area contributed by atoms with Crippen LogP contribution in [0.1, 0.15) is 0 Å². The highest BCUT2D eigenvalue weighted by Gasteiger charge is 2.32. The number of benzene rings is 4. The summed E-state index contributed by atoms with van der Waals surface area (Å²) in [6.45, 7) is 0. The van der Waals surface area contributed by atoms with Gasteiger partial charge in [-0.3, -0.25) is 0 Å². The lowest BCUT2D eigenvalue weighted by Gasteiger charge is -2.20. The molecule has 8 heteroatoms. The number of hydrogen-bond acceptors (Lipinski definition) is 6. The third-order valence-corrected chi connectivity index (χ3v) is 6.73. The van der Waals surface area contributed by atoms with Crippen LogP contribution >= 0.6 is 15.9 Å². The van der Waals surface area contributed by atoms with Gasteiger partial charge in [-0.2, -0.15) is 0 Å². The van der Waals surface area contributed by atoms with Crippen LogP contribution in [0.4, 0.5) is 0 Å². The topological polar surface area (TPSA) is 71.1 Å². The summed E-state index contributed by atoms with van der Waals surface area (Å²) in [4.78, 5) is 0. The molecule has 0 heterocycles. The molecule has 4 aromatic rings. The smallest absolute Gasteiger partial charge is 0.413 e. The van der Waals surface area contributed by atoms with Gasteiger partial charge < -0.3 is 9.05 Å². The summed E-state index contributed by atoms with van der Waals surface area (Å²) >= 11 is 0. The van der Waals surface area contributed by atoms with Crippen LogP contribution < -0.4 is 23.4 Å². The second kappa shape index (κ2) is 10.1. The molecule has 4 rings (SSSR count). The lowest BCUT2D eigenvalue weighted by atomic mass is 10.3. The van der Waals surface area contributed by atoms with Gasteiger partial charge in [-0.25, -0.2) is 13.6 Å². The van der Waals surface area contributed by atoms with E-state index in [1.165, 1.54) is 6.07 Å². The Bertz CT molecular complexity index is 1220. The summed E-state index contributed by atoms with van der Waals surface area (Å²) in [7, 11) is -6.25. The van der Waals surface area contributed by atoms with E-state index in [4.69, 9.17) is 18.1 Å². The van der Waals surface area contributed by atoms with Crippen molar-refractivity contribution in [3.63, 3.8) is 0 Å². The predicted molar refractivity (Wildman–Crippen MR) is 123 cm³/mol. The standard InChI is InChI=1S/C24H19O6P2/c25-31(27-20-11-4-1-5-12-20)28-22-15-10-16-23(19-22)30-32(26,24-17-8-3-9-18-24)29-21-13-6-2-7-14-21/h1-19H/q+1. The van der Waals surface area contributed by atoms with Crippen LogP contribution in [0.2, 0.25) is 0 Å². The summed E-state index contributed by atoms with van der Waals surface area (Å²) < 4.78 is 48.3. The molecule has 2 unspecified atom stereocenters. The van der Waals surface area contributed by atoms with Crippen molar-refractivity contribution in [2.75, 3.05) is 0 Å². The van der Waals surface area contributed by atoms with Crippen molar-refractivity contribution in [1.82, 2.24) is 0 Å². The molecule has 0 fully saturated rings. The summed E-state index contributed by atoms with van der Waals surface area (Å²) in [5, 5.41) is 0.397. The minimum atomic E-state index is -3.78. The van der Waals surface area contributed by atoms with E-state index >= 15 is 0 Å². The van der Waals surface area contributed by atoms with Crippen LogP contribution in [-0.4, -0.2) is 0 Å². The molecule has 0 saturated carbocycles. The fourth-order valence-corrected chi connectivity index (χ4v) is 4.95. The van der Waals surface area contributed by atoms with E-state index in [1.54, 1.807) is 91.0 Å². The summed E-state index contributed by atoms with van der Waals surface area (Å²) in [5.74, 6) is 1.30. The average molecular weight is 465 g/mol.